The van der Waals surface area contributed by atoms with Gasteiger partial charge in [0.25, 0.3) is 0 Å². The molecule has 0 aromatic heterocycles. The minimum Gasteiger partial charge on any atom is -0.497 e. The van der Waals surface area contributed by atoms with E-state index in [-0.39, 0.29) is 26.2 Å². The van der Waals surface area contributed by atoms with Crippen LogP contribution in [0.1, 0.15) is 29.5 Å². The van der Waals surface area contributed by atoms with E-state index in [1.165, 1.54) is 7.11 Å². The summed E-state index contributed by atoms with van der Waals surface area (Å²) in [5, 5.41) is 0. The van der Waals surface area contributed by atoms with Crippen molar-refractivity contribution < 1.29 is 38.0 Å². The Morgan fingerprint density at radius 2 is 1.53 bits per heavy atom. The largest absolute Gasteiger partial charge is 0.497 e. The lowest BCUT2D eigenvalue weighted by Gasteiger charge is -2.36. The Hall–Kier alpha value is -3.82. The van der Waals surface area contributed by atoms with Gasteiger partial charge in [0.1, 0.15) is 11.9 Å². The first-order chi connectivity index (χ1) is 21.0. The molecule has 1 aliphatic rings. The van der Waals surface area contributed by atoms with Crippen LogP contribution in [0, 0.1) is 5.41 Å². The van der Waals surface area contributed by atoms with Crippen molar-refractivity contribution in [2.24, 2.45) is 5.41 Å². The number of hydrogen-bond donors (Lipinski definition) is 0. The third kappa shape index (κ3) is 8.84. The van der Waals surface area contributed by atoms with Crippen molar-refractivity contribution in [3.05, 3.63) is 114 Å². The molecule has 4 rings (SSSR count). The van der Waals surface area contributed by atoms with E-state index in [1.54, 1.807) is 13.2 Å². The predicted octanol–water partition coefficient (Wildman–Crippen LogP) is 5.48. The summed E-state index contributed by atoms with van der Waals surface area (Å²) in [6.45, 7) is 5.13. The molecular formula is C35H40O8. The second kappa shape index (κ2) is 16.1. The average molecular weight is 589 g/mol. The summed E-state index contributed by atoms with van der Waals surface area (Å²) in [4.78, 5) is 25.4. The number of carbonyl (C=O) groups is 2. The van der Waals surface area contributed by atoms with Crippen molar-refractivity contribution in [2.75, 3.05) is 27.4 Å². The van der Waals surface area contributed by atoms with Crippen molar-refractivity contribution in [3.8, 4) is 5.75 Å². The van der Waals surface area contributed by atoms with Gasteiger partial charge in [0, 0.05) is 6.42 Å². The molecule has 8 nitrogen and oxygen atoms in total. The number of ketones is 1. The summed E-state index contributed by atoms with van der Waals surface area (Å²) in [6.07, 6.45) is 0.455. The van der Waals surface area contributed by atoms with Gasteiger partial charge in [-0.2, -0.15) is 0 Å². The van der Waals surface area contributed by atoms with Gasteiger partial charge in [0.15, 0.2) is 0 Å². The number of benzene rings is 3. The van der Waals surface area contributed by atoms with Crippen molar-refractivity contribution in [3.63, 3.8) is 0 Å². The Kier molecular flexibility index (Phi) is 12.1. The first kappa shape index (κ1) is 32.1. The smallest absolute Gasteiger partial charge is 0.374 e. The number of esters is 1. The fraction of sp³-hybridized carbons (Fsp3) is 0.371. The van der Waals surface area contributed by atoms with Crippen LogP contribution in [0.3, 0.4) is 0 Å². The van der Waals surface area contributed by atoms with Gasteiger partial charge >= 0.3 is 5.97 Å². The van der Waals surface area contributed by atoms with Gasteiger partial charge in [-0.05, 0) is 35.2 Å². The molecule has 0 unspecified atom stereocenters. The van der Waals surface area contributed by atoms with E-state index in [1.807, 2.05) is 84.9 Å². The highest BCUT2D eigenvalue weighted by molar-refractivity contribution is 6.33. The van der Waals surface area contributed by atoms with Crippen LogP contribution in [0.2, 0.25) is 0 Å². The minimum absolute atomic E-state index is 0.125. The molecule has 0 saturated carbocycles. The molecule has 3 aromatic rings. The van der Waals surface area contributed by atoms with Crippen LogP contribution in [-0.4, -0.2) is 57.5 Å². The zero-order chi connectivity index (χ0) is 30.5. The van der Waals surface area contributed by atoms with E-state index >= 15 is 0 Å². The Bertz CT molecular complexity index is 1290. The number of carbonyl (C=O) groups excluding carboxylic acids is 2. The normalized spacial score (nSPS) is 20.3. The maximum Gasteiger partial charge on any atom is 0.374 e. The Morgan fingerprint density at radius 3 is 2.14 bits per heavy atom. The minimum atomic E-state index is -0.970. The Balaban J connectivity index is 1.61. The molecule has 1 heterocycles. The lowest BCUT2D eigenvalue weighted by Crippen LogP contribution is -2.48. The van der Waals surface area contributed by atoms with Crippen molar-refractivity contribution >= 4 is 11.8 Å². The summed E-state index contributed by atoms with van der Waals surface area (Å²) < 4.78 is 35.7. The lowest BCUT2D eigenvalue weighted by atomic mass is 9.77. The number of hydrogen-bond acceptors (Lipinski definition) is 8. The maximum atomic E-state index is 13.1. The first-order valence-corrected chi connectivity index (χ1v) is 14.3. The van der Waals surface area contributed by atoms with Crippen LogP contribution in [0.15, 0.2) is 97.6 Å². The van der Waals surface area contributed by atoms with Gasteiger partial charge < -0.3 is 28.4 Å². The zero-order valence-electron chi connectivity index (χ0n) is 24.8. The van der Waals surface area contributed by atoms with Gasteiger partial charge in [-0.1, -0.05) is 78.9 Å². The highest BCUT2D eigenvalue weighted by Gasteiger charge is 2.55. The first-order valence-electron chi connectivity index (χ1n) is 14.3. The van der Waals surface area contributed by atoms with Crippen LogP contribution in [0.5, 0.6) is 5.75 Å². The SMILES string of the molecule is C=CC[C@@H](OCc1ccc(OC)cc1)[C@@H]1OC[C@](COCc2ccccc2)(CC(=O)C(=O)OC)[C@H]1OCc1ccccc1. The predicted molar refractivity (Wildman–Crippen MR) is 161 cm³/mol. The maximum absolute atomic E-state index is 13.1. The molecule has 3 aromatic carbocycles. The number of ether oxygens (including phenoxy) is 6. The van der Waals surface area contributed by atoms with Gasteiger partial charge in [0.05, 0.1) is 64.9 Å². The molecule has 43 heavy (non-hydrogen) atoms. The van der Waals surface area contributed by atoms with Crippen LogP contribution < -0.4 is 4.74 Å². The number of rotatable bonds is 17. The molecule has 4 atom stereocenters. The molecule has 0 N–H and O–H groups in total. The van der Waals surface area contributed by atoms with Crippen molar-refractivity contribution in [2.45, 2.75) is 51.0 Å². The summed E-state index contributed by atoms with van der Waals surface area (Å²) in [5.74, 6) is -0.815. The summed E-state index contributed by atoms with van der Waals surface area (Å²) in [7, 11) is 2.82. The average Bonchev–Trinajstić information content (AvgIpc) is 3.39. The monoisotopic (exact) mass is 588 g/mol. The van der Waals surface area contributed by atoms with E-state index in [0.29, 0.717) is 19.6 Å². The van der Waals surface area contributed by atoms with E-state index in [0.717, 1.165) is 22.4 Å². The Morgan fingerprint density at radius 1 is 0.907 bits per heavy atom. The molecule has 1 aliphatic heterocycles. The lowest BCUT2D eigenvalue weighted by molar-refractivity contribution is -0.156. The molecule has 1 fully saturated rings. The summed E-state index contributed by atoms with van der Waals surface area (Å²) in [6, 6.07) is 27.2. The molecule has 0 bridgehead atoms. The van der Waals surface area contributed by atoms with Crippen LogP contribution in [0.25, 0.3) is 0 Å². The molecular weight excluding hydrogens is 548 g/mol. The van der Waals surface area contributed by atoms with E-state index < -0.39 is 35.5 Å². The topological polar surface area (TPSA) is 89.5 Å². The van der Waals surface area contributed by atoms with E-state index in [9.17, 15) is 9.59 Å². The summed E-state index contributed by atoms with van der Waals surface area (Å²) in [5.41, 5.74) is 1.95. The van der Waals surface area contributed by atoms with E-state index in [2.05, 4.69) is 6.58 Å². The fourth-order valence-electron chi connectivity index (χ4n) is 5.28. The van der Waals surface area contributed by atoms with Gasteiger partial charge in [-0.25, -0.2) is 4.79 Å². The van der Waals surface area contributed by atoms with E-state index in [4.69, 9.17) is 28.4 Å². The third-order valence-electron chi connectivity index (χ3n) is 7.55. The molecule has 228 valence electrons. The highest BCUT2D eigenvalue weighted by Crippen LogP contribution is 2.42. The second-order valence-corrected chi connectivity index (χ2v) is 10.6. The molecule has 0 radical (unpaired) electrons. The van der Waals surface area contributed by atoms with Crippen LogP contribution in [-0.2, 0) is 53.1 Å². The molecule has 0 aliphatic carbocycles. The standard InChI is InChI=1S/C35H40O8/c1-4-11-31(41-22-28-16-18-29(38-2)19-17-28)32-33(42-23-27-14-9-6-10-15-27)35(25-43-32,20-30(36)34(37)39-3)24-40-21-26-12-7-5-8-13-26/h4-10,12-19,31-33H,1,11,20-25H2,2-3H3/t31-,32+,33+,35-/m1/s1. The van der Waals surface area contributed by atoms with Crippen LogP contribution >= 0.6 is 0 Å². The number of Topliss-reactive ketones (excluding diaryl/α,β-unsaturated/α-hetero) is 1. The van der Waals surface area contributed by atoms with Crippen molar-refractivity contribution in [1.82, 2.24) is 0 Å². The zero-order valence-corrected chi connectivity index (χ0v) is 24.8. The summed E-state index contributed by atoms with van der Waals surface area (Å²) >= 11 is 0. The van der Waals surface area contributed by atoms with Crippen LogP contribution in [0.4, 0.5) is 0 Å². The fourth-order valence-corrected chi connectivity index (χ4v) is 5.28. The molecule has 8 heteroatoms. The second-order valence-electron chi connectivity index (χ2n) is 10.6. The van der Waals surface area contributed by atoms with Gasteiger partial charge in [-0.3, -0.25) is 4.79 Å². The molecule has 1 saturated heterocycles. The van der Waals surface area contributed by atoms with Gasteiger partial charge in [0.2, 0.25) is 5.78 Å². The number of methoxy groups -OCH3 is 2. The highest BCUT2D eigenvalue weighted by atomic mass is 16.6. The molecule has 0 amide bonds. The Labute approximate surface area is 253 Å². The quantitative estimate of drug-likeness (QED) is 0.116. The molecule has 0 spiro atoms. The van der Waals surface area contributed by atoms with Crippen molar-refractivity contribution in [1.29, 1.82) is 0 Å². The van der Waals surface area contributed by atoms with Gasteiger partial charge in [-0.15, -0.1) is 6.58 Å². The third-order valence-corrected chi connectivity index (χ3v) is 7.55.